The molecule has 18 heavy (non-hydrogen) atoms. The summed E-state index contributed by atoms with van der Waals surface area (Å²) in [6.45, 7) is 0.622. The van der Waals surface area contributed by atoms with Gasteiger partial charge in [0.1, 0.15) is 24.0 Å². The lowest BCUT2D eigenvalue weighted by Gasteiger charge is -2.47. The molecule has 0 bridgehead atoms. The second-order valence-corrected chi connectivity index (χ2v) is 4.24. The third-order valence-corrected chi connectivity index (χ3v) is 2.79. The van der Waals surface area contributed by atoms with Crippen LogP contribution < -0.4 is 11.5 Å². The van der Waals surface area contributed by atoms with E-state index in [1.807, 2.05) is 0 Å². The van der Waals surface area contributed by atoms with Crippen molar-refractivity contribution in [1.29, 1.82) is 0 Å². The first-order valence-electron chi connectivity index (χ1n) is 5.30. The van der Waals surface area contributed by atoms with Crippen LogP contribution in [0.2, 0.25) is 0 Å². The van der Waals surface area contributed by atoms with Gasteiger partial charge in [-0.3, -0.25) is 0 Å². The van der Waals surface area contributed by atoms with Gasteiger partial charge in [0.15, 0.2) is 12.4 Å². The molecule has 1 saturated heterocycles. The van der Waals surface area contributed by atoms with Crippen molar-refractivity contribution in [2.45, 2.75) is 43.3 Å². The smallest absolute Gasteiger partial charge is 0.332 e. The standard InChI is InChI=1S/C9H18N2O7/c1-3(7(14)15)17-6-5(13)4(2-12)18-8(16)9(6,10)11/h3-6,8,12-13,16H,2,10-11H2,1H3,(H,14,15)/t3-,4-,5-,6+,8?/m1/s1. The van der Waals surface area contributed by atoms with Crippen molar-refractivity contribution in [3.8, 4) is 0 Å². The number of aliphatic hydroxyl groups is 3. The molecule has 1 fully saturated rings. The molecule has 1 heterocycles. The van der Waals surface area contributed by atoms with Crippen LogP contribution in [0.5, 0.6) is 0 Å². The van der Waals surface area contributed by atoms with E-state index in [1.54, 1.807) is 0 Å². The molecule has 1 aliphatic rings. The van der Waals surface area contributed by atoms with Gasteiger partial charge in [-0.05, 0) is 6.92 Å². The predicted molar refractivity (Wildman–Crippen MR) is 57.0 cm³/mol. The summed E-state index contributed by atoms with van der Waals surface area (Å²) in [4.78, 5) is 10.7. The van der Waals surface area contributed by atoms with E-state index in [0.29, 0.717) is 0 Å². The molecule has 0 aromatic carbocycles. The Morgan fingerprint density at radius 2 is 2.06 bits per heavy atom. The summed E-state index contributed by atoms with van der Waals surface area (Å²) < 4.78 is 9.85. The first-order valence-corrected chi connectivity index (χ1v) is 5.30. The summed E-state index contributed by atoms with van der Waals surface area (Å²) in [5.74, 6) is -1.28. The van der Waals surface area contributed by atoms with Crippen LogP contribution in [-0.4, -0.2) is 69.4 Å². The Labute approximate surface area is 103 Å². The van der Waals surface area contributed by atoms with E-state index in [2.05, 4.69) is 0 Å². The highest BCUT2D eigenvalue weighted by Crippen LogP contribution is 2.26. The lowest BCUT2D eigenvalue weighted by atomic mass is 9.92. The lowest BCUT2D eigenvalue weighted by Crippen LogP contribution is -2.76. The molecule has 106 valence electrons. The molecule has 1 aliphatic heterocycles. The number of hydrogen-bond donors (Lipinski definition) is 6. The highest BCUT2D eigenvalue weighted by atomic mass is 16.6. The number of ether oxygens (including phenoxy) is 2. The van der Waals surface area contributed by atoms with E-state index < -0.39 is 48.9 Å². The van der Waals surface area contributed by atoms with Crippen LogP contribution in [0.3, 0.4) is 0 Å². The summed E-state index contributed by atoms with van der Waals surface area (Å²) >= 11 is 0. The monoisotopic (exact) mass is 266 g/mol. The predicted octanol–water partition coefficient (Wildman–Crippen LogP) is -3.47. The van der Waals surface area contributed by atoms with Crippen LogP contribution in [0.15, 0.2) is 0 Å². The van der Waals surface area contributed by atoms with Gasteiger partial charge in [0.25, 0.3) is 0 Å². The molecule has 0 aromatic heterocycles. The van der Waals surface area contributed by atoms with Crippen molar-refractivity contribution in [2.75, 3.05) is 6.61 Å². The maximum atomic E-state index is 10.7. The van der Waals surface area contributed by atoms with Gasteiger partial charge in [-0.15, -0.1) is 0 Å². The Balaban J connectivity index is 2.90. The fourth-order valence-electron chi connectivity index (χ4n) is 1.62. The molecule has 0 spiro atoms. The van der Waals surface area contributed by atoms with Gasteiger partial charge < -0.3 is 41.4 Å². The van der Waals surface area contributed by atoms with Gasteiger partial charge in [0, 0.05) is 0 Å². The number of aliphatic hydroxyl groups excluding tert-OH is 3. The largest absolute Gasteiger partial charge is 0.479 e. The third-order valence-electron chi connectivity index (χ3n) is 2.79. The third kappa shape index (κ3) is 2.78. The van der Waals surface area contributed by atoms with Crippen molar-refractivity contribution < 1.29 is 34.7 Å². The number of carboxylic acids is 1. The number of aliphatic carboxylic acids is 1. The zero-order valence-electron chi connectivity index (χ0n) is 9.76. The molecule has 0 amide bonds. The molecule has 0 saturated carbocycles. The highest BCUT2D eigenvalue weighted by molar-refractivity contribution is 5.71. The highest BCUT2D eigenvalue weighted by Gasteiger charge is 2.53. The lowest BCUT2D eigenvalue weighted by molar-refractivity contribution is -0.289. The van der Waals surface area contributed by atoms with E-state index in [4.69, 9.17) is 31.2 Å². The number of carbonyl (C=O) groups is 1. The Morgan fingerprint density at radius 1 is 1.50 bits per heavy atom. The van der Waals surface area contributed by atoms with Crippen LogP contribution in [0.25, 0.3) is 0 Å². The van der Waals surface area contributed by atoms with Crippen molar-refractivity contribution >= 4 is 5.97 Å². The molecule has 5 atom stereocenters. The van der Waals surface area contributed by atoms with Crippen LogP contribution in [-0.2, 0) is 14.3 Å². The second kappa shape index (κ2) is 5.45. The van der Waals surface area contributed by atoms with Gasteiger partial charge in [-0.25, -0.2) is 4.79 Å². The molecule has 9 heteroatoms. The SMILES string of the molecule is C[C@@H](O[C@H]1[C@H](O)[C@@H](CO)OC(O)C1(N)N)C(=O)O. The molecule has 0 aromatic rings. The quantitative estimate of drug-likeness (QED) is 0.283. The topological polar surface area (TPSA) is 168 Å². The van der Waals surface area contributed by atoms with Crippen LogP contribution >= 0.6 is 0 Å². The van der Waals surface area contributed by atoms with Crippen LogP contribution in [0.1, 0.15) is 6.92 Å². The minimum atomic E-state index is -1.99. The van der Waals surface area contributed by atoms with Crippen molar-refractivity contribution in [2.24, 2.45) is 11.5 Å². The summed E-state index contributed by atoms with van der Waals surface area (Å²) in [6, 6.07) is 0. The fourth-order valence-corrected chi connectivity index (χ4v) is 1.62. The van der Waals surface area contributed by atoms with Gasteiger partial charge in [-0.1, -0.05) is 0 Å². The van der Waals surface area contributed by atoms with Gasteiger partial charge >= 0.3 is 5.97 Å². The molecule has 0 radical (unpaired) electrons. The number of hydrogen-bond acceptors (Lipinski definition) is 8. The Bertz CT molecular complexity index is 311. The zero-order valence-corrected chi connectivity index (χ0v) is 9.76. The second-order valence-electron chi connectivity index (χ2n) is 4.24. The van der Waals surface area contributed by atoms with Crippen molar-refractivity contribution in [1.82, 2.24) is 0 Å². The van der Waals surface area contributed by atoms with Crippen LogP contribution in [0, 0.1) is 0 Å². The first kappa shape index (κ1) is 15.2. The molecule has 1 unspecified atom stereocenters. The molecule has 1 rings (SSSR count). The van der Waals surface area contributed by atoms with Gasteiger partial charge in [0.2, 0.25) is 0 Å². The number of carboxylic acid groups (broad SMARTS) is 1. The Morgan fingerprint density at radius 3 is 2.50 bits per heavy atom. The van der Waals surface area contributed by atoms with Crippen molar-refractivity contribution in [3.63, 3.8) is 0 Å². The molecule has 0 aliphatic carbocycles. The van der Waals surface area contributed by atoms with E-state index >= 15 is 0 Å². The van der Waals surface area contributed by atoms with E-state index in [1.165, 1.54) is 6.92 Å². The summed E-state index contributed by atoms with van der Waals surface area (Å²) in [6.07, 6.45) is -7.02. The molecule has 8 N–H and O–H groups in total. The Kier molecular flexibility index (Phi) is 4.61. The fraction of sp³-hybridized carbons (Fsp3) is 0.889. The van der Waals surface area contributed by atoms with Gasteiger partial charge in [-0.2, -0.15) is 0 Å². The summed E-state index contributed by atoms with van der Waals surface area (Å²) in [5, 5.41) is 37.1. The average molecular weight is 266 g/mol. The average Bonchev–Trinajstić information content (AvgIpc) is 2.29. The number of rotatable bonds is 4. The van der Waals surface area contributed by atoms with Crippen LogP contribution in [0.4, 0.5) is 0 Å². The maximum absolute atomic E-state index is 10.7. The van der Waals surface area contributed by atoms with Gasteiger partial charge in [0.05, 0.1) is 6.61 Å². The minimum Gasteiger partial charge on any atom is -0.479 e. The summed E-state index contributed by atoms with van der Waals surface area (Å²) in [5.41, 5.74) is 9.14. The molecule has 9 nitrogen and oxygen atoms in total. The Hall–Kier alpha value is -0.810. The number of nitrogens with two attached hydrogens (primary N) is 2. The van der Waals surface area contributed by atoms with Crippen molar-refractivity contribution in [3.05, 3.63) is 0 Å². The van der Waals surface area contributed by atoms with E-state index in [9.17, 15) is 15.0 Å². The first-order chi connectivity index (χ1) is 8.21. The van der Waals surface area contributed by atoms with E-state index in [0.717, 1.165) is 0 Å². The minimum absolute atomic E-state index is 0.602. The molecular formula is C9H18N2O7. The summed E-state index contributed by atoms with van der Waals surface area (Å²) in [7, 11) is 0. The normalized spacial score (nSPS) is 37.2. The molecular weight excluding hydrogens is 248 g/mol. The zero-order chi connectivity index (χ0) is 14.1. The maximum Gasteiger partial charge on any atom is 0.332 e. The van der Waals surface area contributed by atoms with E-state index in [-0.39, 0.29) is 0 Å².